The summed E-state index contributed by atoms with van der Waals surface area (Å²) in [6.45, 7) is 2.44. The van der Waals surface area contributed by atoms with Gasteiger partial charge in [-0.15, -0.1) is 11.8 Å². The SMILES string of the molecule is CC(=O)O[C@@H]1SC(COC(=O)c2ccc(C(F)(F)F)cc2)[C@@H](OC(=O)c2ccc(C(F)(F)F)cc2)[C@@H]1C. The van der Waals surface area contributed by atoms with E-state index in [0.29, 0.717) is 0 Å². The maximum absolute atomic E-state index is 12.8. The summed E-state index contributed by atoms with van der Waals surface area (Å²) < 4.78 is 92.5. The third kappa shape index (κ3) is 7.18. The summed E-state index contributed by atoms with van der Waals surface area (Å²) in [5.74, 6) is -3.05. The zero-order valence-electron chi connectivity index (χ0n) is 19.3. The monoisotopic (exact) mass is 550 g/mol. The largest absolute Gasteiger partial charge is 0.461 e. The highest BCUT2D eigenvalue weighted by atomic mass is 32.2. The van der Waals surface area contributed by atoms with Crippen LogP contribution in [0.2, 0.25) is 0 Å². The first kappa shape index (κ1) is 28.4. The molecule has 2 aromatic carbocycles. The highest BCUT2D eigenvalue weighted by molar-refractivity contribution is 8.00. The summed E-state index contributed by atoms with van der Waals surface area (Å²) in [5, 5.41) is -0.740. The molecule has 2 aromatic rings. The van der Waals surface area contributed by atoms with Crippen LogP contribution in [-0.2, 0) is 31.4 Å². The van der Waals surface area contributed by atoms with Gasteiger partial charge < -0.3 is 14.2 Å². The number of alkyl halides is 6. The zero-order chi connectivity index (χ0) is 27.5. The van der Waals surface area contributed by atoms with E-state index in [1.807, 2.05) is 0 Å². The summed E-state index contributed by atoms with van der Waals surface area (Å²) in [6, 6.07) is 6.76. The Balaban J connectivity index is 1.71. The molecule has 0 aromatic heterocycles. The maximum atomic E-state index is 12.8. The second-order valence-electron chi connectivity index (χ2n) is 8.13. The molecule has 200 valence electrons. The quantitative estimate of drug-likeness (QED) is 0.258. The fourth-order valence-electron chi connectivity index (χ4n) is 3.51. The third-order valence-electron chi connectivity index (χ3n) is 5.42. The second kappa shape index (κ2) is 11.0. The van der Waals surface area contributed by atoms with Gasteiger partial charge in [-0.25, -0.2) is 9.59 Å². The summed E-state index contributed by atoms with van der Waals surface area (Å²) in [7, 11) is 0. The van der Waals surface area contributed by atoms with E-state index >= 15 is 0 Å². The standard InChI is InChI=1S/C24H20F6O6S/c1-12-19(36-21(33)15-5-9-17(10-6-15)24(28,29)30)18(37-22(12)35-13(2)31)11-34-20(32)14-3-7-16(8-4-14)23(25,26)27/h3-10,12,18-19,22H,11H2,1-2H3/t12-,18?,19-,22+/m0/s1. The first-order valence-electron chi connectivity index (χ1n) is 10.7. The Morgan fingerprint density at radius 1 is 0.784 bits per heavy atom. The number of rotatable bonds is 6. The minimum absolute atomic E-state index is 0.140. The van der Waals surface area contributed by atoms with E-state index < -0.39 is 64.1 Å². The van der Waals surface area contributed by atoms with Crippen LogP contribution in [-0.4, -0.2) is 41.3 Å². The Bertz CT molecular complexity index is 1130. The van der Waals surface area contributed by atoms with Gasteiger partial charge in [0.1, 0.15) is 12.7 Å². The molecule has 6 nitrogen and oxygen atoms in total. The topological polar surface area (TPSA) is 78.9 Å². The van der Waals surface area contributed by atoms with Crippen LogP contribution < -0.4 is 0 Å². The van der Waals surface area contributed by atoms with Crippen molar-refractivity contribution in [3.05, 3.63) is 70.8 Å². The number of esters is 3. The van der Waals surface area contributed by atoms with Crippen LogP contribution in [0.5, 0.6) is 0 Å². The molecule has 37 heavy (non-hydrogen) atoms. The van der Waals surface area contributed by atoms with Crippen molar-refractivity contribution >= 4 is 29.7 Å². The molecule has 4 atom stereocenters. The molecule has 1 unspecified atom stereocenters. The van der Waals surface area contributed by atoms with Crippen molar-refractivity contribution in [1.82, 2.24) is 0 Å². The molecule has 0 bridgehead atoms. The number of carbonyl (C=O) groups is 3. The molecule has 1 saturated heterocycles. The van der Waals surface area contributed by atoms with Crippen molar-refractivity contribution in [3.63, 3.8) is 0 Å². The van der Waals surface area contributed by atoms with E-state index in [-0.39, 0.29) is 17.7 Å². The van der Waals surface area contributed by atoms with E-state index in [1.54, 1.807) is 6.92 Å². The molecule has 1 heterocycles. The van der Waals surface area contributed by atoms with Gasteiger partial charge >= 0.3 is 30.3 Å². The lowest BCUT2D eigenvalue weighted by Gasteiger charge is -2.22. The van der Waals surface area contributed by atoms with Gasteiger partial charge in [0.15, 0.2) is 5.44 Å². The minimum atomic E-state index is -4.58. The maximum Gasteiger partial charge on any atom is 0.416 e. The smallest absolute Gasteiger partial charge is 0.416 e. The molecular weight excluding hydrogens is 530 g/mol. The van der Waals surface area contributed by atoms with Crippen LogP contribution in [0.25, 0.3) is 0 Å². The highest BCUT2D eigenvalue weighted by Crippen LogP contribution is 2.42. The highest BCUT2D eigenvalue weighted by Gasteiger charge is 2.46. The molecule has 0 radical (unpaired) electrons. The van der Waals surface area contributed by atoms with E-state index in [2.05, 4.69) is 0 Å². The lowest BCUT2D eigenvalue weighted by atomic mass is 10.0. The third-order valence-corrected chi connectivity index (χ3v) is 6.97. The fraction of sp³-hybridized carbons (Fsp3) is 0.375. The normalized spacial score (nSPS) is 21.8. The first-order valence-corrected chi connectivity index (χ1v) is 11.7. The van der Waals surface area contributed by atoms with Gasteiger partial charge in [-0.05, 0) is 48.5 Å². The molecule has 1 aliphatic heterocycles. The number of benzene rings is 2. The fourth-order valence-corrected chi connectivity index (χ4v) is 5.05. The van der Waals surface area contributed by atoms with Crippen LogP contribution in [0, 0.1) is 5.92 Å². The number of ether oxygens (including phenoxy) is 3. The van der Waals surface area contributed by atoms with E-state index in [0.717, 1.165) is 60.3 Å². The molecule has 1 fully saturated rings. The molecule has 0 aliphatic carbocycles. The van der Waals surface area contributed by atoms with Gasteiger partial charge in [-0.1, -0.05) is 6.92 Å². The van der Waals surface area contributed by atoms with Crippen molar-refractivity contribution in [2.45, 2.75) is 43.0 Å². The van der Waals surface area contributed by atoms with Crippen LogP contribution in [0.4, 0.5) is 26.3 Å². The molecule has 1 aliphatic rings. The molecule has 13 heteroatoms. The number of halogens is 6. The molecule has 0 saturated carbocycles. The summed E-state index contributed by atoms with van der Waals surface area (Å²) in [5.41, 5.74) is -2.96. The average molecular weight is 550 g/mol. The Morgan fingerprint density at radius 3 is 1.68 bits per heavy atom. The van der Waals surface area contributed by atoms with Gasteiger partial charge in [-0.2, -0.15) is 26.3 Å². The minimum Gasteiger partial charge on any atom is -0.461 e. The number of thioether (sulfide) groups is 1. The van der Waals surface area contributed by atoms with Gasteiger partial charge in [0, 0.05) is 12.8 Å². The Hall–Kier alpha value is -3.22. The number of hydrogen-bond donors (Lipinski definition) is 0. The Kier molecular flexibility index (Phi) is 8.45. The van der Waals surface area contributed by atoms with Crippen LogP contribution >= 0.6 is 11.8 Å². The van der Waals surface area contributed by atoms with Crippen molar-refractivity contribution in [3.8, 4) is 0 Å². The van der Waals surface area contributed by atoms with Crippen molar-refractivity contribution in [1.29, 1.82) is 0 Å². The Labute approximate surface area is 211 Å². The summed E-state index contributed by atoms with van der Waals surface area (Å²) in [6.07, 6.45) is -10.1. The first-order chi connectivity index (χ1) is 17.2. The summed E-state index contributed by atoms with van der Waals surface area (Å²) >= 11 is 1.05. The lowest BCUT2D eigenvalue weighted by molar-refractivity contribution is -0.144. The summed E-state index contributed by atoms with van der Waals surface area (Å²) in [4.78, 5) is 36.5. The molecule has 0 spiro atoms. The van der Waals surface area contributed by atoms with Gasteiger partial charge in [0.2, 0.25) is 0 Å². The van der Waals surface area contributed by atoms with Gasteiger partial charge in [0.25, 0.3) is 0 Å². The average Bonchev–Trinajstić information content (AvgIpc) is 3.10. The van der Waals surface area contributed by atoms with Gasteiger partial charge in [0.05, 0.1) is 27.5 Å². The van der Waals surface area contributed by atoms with E-state index in [9.17, 15) is 40.7 Å². The van der Waals surface area contributed by atoms with E-state index in [4.69, 9.17) is 14.2 Å². The van der Waals surface area contributed by atoms with Crippen LogP contribution in [0.1, 0.15) is 45.7 Å². The van der Waals surface area contributed by atoms with Crippen LogP contribution in [0.15, 0.2) is 48.5 Å². The van der Waals surface area contributed by atoms with E-state index in [1.165, 1.54) is 6.92 Å². The zero-order valence-corrected chi connectivity index (χ0v) is 20.1. The van der Waals surface area contributed by atoms with Gasteiger partial charge in [-0.3, -0.25) is 4.79 Å². The molecule has 0 N–H and O–H groups in total. The predicted octanol–water partition coefficient (Wildman–Crippen LogP) is 5.75. The lowest BCUT2D eigenvalue weighted by Crippen LogP contribution is -2.34. The van der Waals surface area contributed by atoms with Crippen LogP contribution in [0.3, 0.4) is 0 Å². The Morgan fingerprint density at radius 2 is 1.24 bits per heavy atom. The number of carbonyl (C=O) groups excluding carboxylic acids is 3. The predicted molar refractivity (Wildman–Crippen MR) is 118 cm³/mol. The molecular formula is C24H20F6O6S. The molecule has 3 rings (SSSR count). The molecule has 0 amide bonds. The van der Waals surface area contributed by atoms with Crippen molar-refractivity contribution < 1.29 is 54.9 Å². The van der Waals surface area contributed by atoms with Crippen molar-refractivity contribution in [2.24, 2.45) is 5.92 Å². The number of hydrogen-bond acceptors (Lipinski definition) is 7. The van der Waals surface area contributed by atoms with Crippen molar-refractivity contribution in [2.75, 3.05) is 6.61 Å². The second-order valence-corrected chi connectivity index (χ2v) is 9.47.